The van der Waals surface area contributed by atoms with Gasteiger partial charge in [-0.05, 0) is 39.8 Å². The standard InChI is InChI=1S/C16H18N2O/c1-11(2)14-10-17-18(13-8-6-5-7-9-13)16(19)15(14)12(3)4/h5-10H,1-4H3. The molecule has 98 valence electrons. The van der Waals surface area contributed by atoms with Crippen molar-refractivity contribution < 1.29 is 0 Å². The first-order valence-electron chi connectivity index (χ1n) is 6.31. The van der Waals surface area contributed by atoms with Crippen LogP contribution in [0.1, 0.15) is 27.7 Å². The predicted octanol–water partition coefficient (Wildman–Crippen LogP) is 1.61. The zero-order valence-electron chi connectivity index (χ0n) is 11.8. The minimum atomic E-state index is -0.0649. The van der Waals surface area contributed by atoms with E-state index in [2.05, 4.69) is 5.10 Å². The number of benzene rings is 1. The van der Waals surface area contributed by atoms with Gasteiger partial charge >= 0.3 is 0 Å². The van der Waals surface area contributed by atoms with Gasteiger partial charge in [0.05, 0.1) is 11.9 Å². The zero-order chi connectivity index (χ0) is 14.0. The Morgan fingerprint density at radius 2 is 1.63 bits per heavy atom. The Labute approximate surface area is 112 Å². The topological polar surface area (TPSA) is 34.9 Å². The van der Waals surface area contributed by atoms with Crippen LogP contribution in [0.3, 0.4) is 0 Å². The fourth-order valence-electron chi connectivity index (χ4n) is 2.07. The molecule has 0 aliphatic heterocycles. The first-order chi connectivity index (χ1) is 9.02. The lowest BCUT2D eigenvalue weighted by Crippen LogP contribution is -2.47. The van der Waals surface area contributed by atoms with Crippen LogP contribution in [0, 0.1) is 0 Å². The van der Waals surface area contributed by atoms with Crippen molar-refractivity contribution in [3.05, 3.63) is 57.3 Å². The van der Waals surface area contributed by atoms with Gasteiger partial charge in [0, 0.05) is 10.4 Å². The minimum Gasteiger partial charge on any atom is -0.267 e. The van der Waals surface area contributed by atoms with Crippen LogP contribution in [-0.4, -0.2) is 9.78 Å². The summed E-state index contributed by atoms with van der Waals surface area (Å²) in [6.45, 7) is 7.91. The quantitative estimate of drug-likeness (QED) is 0.775. The molecule has 1 aromatic heterocycles. The van der Waals surface area contributed by atoms with E-state index >= 15 is 0 Å². The first-order valence-corrected chi connectivity index (χ1v) is 6.31. The lowest BCUT2D eigenvalue weighted by Gasteiger charge is -2.05. The second-order valence-electron chi connectivity index (χ2n) is 4.99. The number of para-hydroxylation sites is 1. The summed E-state index contributed by atoms with van der Waals surface area (Å²) in [6.07, 6.45) is 1.77. The summed E-state index contributed by atoms with van der Waals surface area (Å²) in [4.78, 5) is 12.6. The molecule has 2 rings (SSSR count). The van der Waals surface area contributed by atoms with Crippen LogP contribution >= 0.6 is 0 Å². The van der Waals surface area contributed by atoms with Gasteiger partial charge in [-0.15, -0.1) is 0 Å². The second kappa shape index (κ2) is 5.22. The van der Waals surface area contributed by atoms with Crippen LogP contribution in [0.4, 0.5) is 0 Å². The number of hydrogen-bond donors (Lipinski definition) is 0. The van der Waals surface area contributed by atoms with Gasteiger partial charge in [0.25, 0.3) is 5.56 Å². The molecule has 0 radical (unpaired) electrons. The van der Waals surface area contributed by atoms with Crippen molar-refractivity contribution in [3.63, 3.8) is 0 Å². The molecule has 0 aliphatic rings. The molecule has 0 N–H and O–H groups in total. The van der Waals surface area contributed by atoms with Crippen molar-refractivity contribution in [3.8, 4) is 5.69 Å². The number of rotatable bonds is 1. The third-order valence-electron chi connectivity index (χ3n) is 3.02. The normalized spacial score (nSPS) is 10.3. The van der Waals surface area contributed by atoms with E-state index in [-0.39, 0.29) is 5.56 Å². The highest BCUT2D eigenvalue weighted by molar-refractivity contribution is 5.45. The second-order valence-corrected chi connectivity index (χ2v) is 4.99. The van der Waals surface area contributed by atoms with Crippen LogP contribution in [0.2, 0.25) is 0 Å². The summed E-state index contributed by atoms with van der Waals surface area (Å²) in [5, 5.41) is 5.96. The van der Waals surface area contributed by atoms with Gasteiger partial charge in [0.1, 0.15) is 0 Å². The maximum absolute atomic E-state index is 12.6. The summed E-state index contributed by atoms with van der Waals surface area (Å²) in [5.41, 5.74) is 2.83. The lowest BCUT2D eigenvalue weighted by atomic mass is 10.1. The lowest BCUT2D eigenvalue weighted by molar-refractivity contribution is 0.789. The highest BCUT2D eigenvalue weighted by Gasteiger charge is 2.04. The third kappa shape index (κ3) is 2.50. The van der Waals surface area contributed by atoms with E-state index in [1.54, 1.807) is 6.20 Å². The smallest absolute Gasteiger partial charge is 0.267 e. The van der Waals surface area contributed by atoms with Crippen LogP contribution in [0.25, 0.3) is 16.8 Å². The highest BCUT2D eigenvalue weighted by atomic mass is 16.1. The molecule has 0 amide bonds. The highest BCUT2D eigenvalue weighted by Crippen LogP contribution is 2.00. The van der Waals surface area contributed by atoms with E-state index in [0.717, 1.165) is 27.3 Å². The molecule has 2 aromatic rings. The fraction of sp³-hybridized carbons (Fsp3) is 0.250. The molecule has 0 saturated carbocycles. The SMILES string of the molecule is CC(C)=c1cnn(-c2ccccc2)c(=O)c1=C(C)C. The Morgan fingerprint density at radius 1 is 1.00 bits per heavy atom. The van der Waals surface area contributed by atoms with E-state index in [0.29, 0.717) is 0 Å². The van der Waals surface area contributed by atoms with Crippen molar-refractivity contribution in [2.75, 3.05) is 0 Å². The Morgan fingerprint density at radius 3 is 2.16 bits per heavy atom. The fourth-order valence-corrected chi connectivity index (χ4v) is 2.07. The molecule has 3 heteroatoms. The molecule has 0 aliphatic carbocycles. The number of aromatic nitrogens is 2. The molecule has 1 heterocycles. The molecule has 0 unspecified atom stereocenters. The molecule has 0 atom stereocenters. The van der Waals surface area contributed by atoms with Crippen LogP contribution in [0.15, 0.2) is 41.3 Å². The molecule has 0 bridgehead atoms. The van der Waals surface area contributed by atoms with E-state index in [1.807, 2.05) is 58.0 Å². The van der Waals surface area contributed by atoms with E-state index in [1.165, 1.54) is 4.68 Å². The van der Waals surface area contributed by atoms with Crippen molar-refractivity contribution in [2.45, 2.75) is 27.7 Å². The van der Waals surface area contributed by atoms with Gasteiger partial charge in [0.2, 0.25) is 0 Å². The van der Waals surface area contributed by atoms with Crippen molar-refractivity contribution in [1.82, 2.24) is 9.78 Å². The first kappa shape index (κ1) is 13.3. The van der Waals surface area contributed by atoms with E-state index in [9.17, 15) is 4.79 Å². The van der Waals surface area contributed by atoms with E-state index < -0.39 is 0 Å². The maximum Gasteiger partial charge on any atom is 0.279 e. The zero-order valence-corrected chi connectivity index (χ0v) is 11.8. The Balaban J connectivity index is 2.93. The largest absolute Gasteiger partial charge is 0.279 e. The predicted molar refractivity (Wildman–Crippen MR) is 78.6 cm³/mol. The van der Waals surface area contributed by atoms with Crippen LogP contribution in [-0.2, 0) is 0 Å². The Bertz CT molecular complexity index is 763. The number of nitrogens with zero attached hydrogens (tertiary/aromatic N) is 2. The summed E-state index contributed by atoms with van der Waals surface area (Å²) >= 11 is 0. The van der Waals surface area contributed by atoms with Gasteiger partial charge in [-0.2, -0.15) is 9.78 Å². The summed E-state index contributed by atoms with van der Waals surface area (Å²) in [7, 11) is 0. The van der Waals surface area contributed by atoms with E-state index in [4.69, 9.17) is 0 Å². The van der Waals surface area contributed by atoms with Crippen molar-refractivity contribution >= 4 is 11.1 Å². The van der Waals surface area contributed by atoms with Gasteiger partial charge in [0.15, 0.2) is 0 Å². The average molecular weight is 254 g/mol. The molecular weight excluding hydrogens is 236 g/mol. The number of hydrogen-bond acceptors (Lipinski definition) is 2. The summed E-state index contributed by atoms with van der Waals surface area (Å²) < 4.78 is 1.45. The maximum atomic E-state index is 12.6. The molecular formula is C16H18N2O. The van der Waals surface area contributed by atoms with Gasteiger partial charge in [-0.25, -0.2) is 0 Å². The van der Waals surface area contributed by atoms with Crippen molar-refractivity contribution in [1.29, 1.82) is 0 Å². The summed E-state index contributed by atoms with van der Waals surface area (Å²) in [5.74, 6) is 0. The summed E-state index contributed by atoms with van der Waals surface area (Å²) in [6, 6.07) is 9.48. The molecule has 19 heavy (non-hydrogen) atoms. The third-order valence-corrected chi connectivity index (χ3v) is 3.02. The van der Waals surface area contributed by atoms with Crippen LogP contribution in [0.5, 0.6) is 0 Å². The monoisotopic (exact) mass is 254 g/mol. The molecule has 0 fully saturated rings. The van der Waals surface area contributed by atoms with Gasteiger partial charge in [-0.3, -0.25) is 4.79 Å². The minimum absolute atomic E-state index is 0.0649. The molecule has 1 aromatic carbocycles. The average Bonchev–Trinajstić information content (AvgIpc) is 2.38. The van der Waals surface area contributed by atoms with Gasteiger partial charge in [-0.1, -0.05) is 29.3 Å². The van der Waals surface area contributed by atoms with Gasteiger partial charge < -0.3 is 0 Å². The Kier molecular flexibility index (Phi) is 3.65. The van der Waals surface area contributed by atoms with Crippen molar-refractivity contribution in [2.24, 2.45) is 0 Å². The molecule has 3 nitrogen and oxygen atoms in total. The molecule has 0 spiro atoms. The molecule has 0 saturated heterocycles. The van der Waals surface area contributed by atoms with Crippen LogP contribution < -0.4 is 16.0 Å². The Hall–Kier alpha value is -2.16.